The summed E-state index contributed by atoms with van der Waals surface area (Å²) in [6, 6.07) is 18.3. The van der Waals surface area contributed by atoms with Gasteiger partial charge in [0.15, 0.2) is 0 Å². The van der Waals surface area contributed by atoms with Crippen molar-refractivity contribution in [3.8, 4) is 22.3 Å². The fourth-order valence-corrected chi connectivity index (χ4v) is 4.95. The minimum Gasteiger partial charge on any atom is -0.465 e. The van der Waals surface area contributed by atoms with Gasteiger partial charge in [-0.25, -0.2) is 4.79 Å². The highest BCUT2D eigenvalue weighted by atomic mass is 16.5. The summed E-state index contributed by atoms with van der Waals surface area (Å²) in [5.41, 5.74) is 5.80. The van der Waals surface area contributed by atoms with Gasteiger partial charge in [0.05, 0.1) is 12.7 Å². The van der Waals surface area contributed by atoms with Gasteiger partial charge in [-0.1, -0.05) is 36.4 Å². The Bertz CT molecular complexity index is 1310. The number of hydrogen-bond acceptors (Lipinski definition) is 5. The van der Waals surface area contributed by atoms with Crippen LogP contribution in [-0.4, -0.2) is 72.2 Å². The molecule has 3 heterocycles. The third-order valence-corrected chi connectivity index (χ3v) is 6.94. The summed E-state index contributed by atoms with van der Waals surface area (Å²) in [6.07, 6.45) is 6.99. The van der Waals surface area contributed by atoms with Crippen molar-refractivity contribution in [2.45, 2.75) is 13.0 Å². The van der Waals surface area contributed by atoms with Crippen LogP contribution in [0.15, 0.2) is 73.2 Å². The quantitative estimate of drug-likeness (QED) is 0.365. The van der Waals surface area contributed by atoms with E-state index in [9.17, 15) is 4.79 Å². The van der Waals surface area contributed by atoms with Crippen LogP contribution in [0.1, 0.15) is 16.8 Å². The number of benzene rings is 2. The fraction of sp³-hybridized carbons (Fsp3) is 0.310. The number of aryl methyl sites for hydroxylation is 1. The Morgan fingerprint density at radius 2 is 1.69 bits per heavy atom. The lowest BCUT2D eigenvalue weighted by Crippen LogP contribution is -2.44. The maximum atomic E-state index is 12.7. The number of esters is 1. The average molecular weight is 469 g/mol. The molecule has 0 bridgehead atoms. The first-order chi connectivity index (χ1) is 17.1. The molecule has 6 nitrogen and oxygen atoms in total. The summed E-state index contributed by atoms with van der Waals surface area (Å²) < 4.78 is 7.41. The Labute approximate surface area is 206 Å². The van der Waals surface area contributed by atoms with Crippen LogP contribution in [0.3, 0.4) is 0 Å². The fourth-order valence-electron chi connectivity index (χ4n) is 4.95. The van der Waals surface area contributed by atoms with Crippen LogP contribution in [0.5, 0.6) is 0 Å². The molecule has 0 unspecified atom stereocenters. The molecule has 0 spiro atoms. The zero-order valence-corrected chi connectivity index (χ0v) is 20.5. The lowest BCUT2D eigenvalue weighted by atomic mass is 9.99. The van der Waals surface area contributed by atoms with Crippen LogP contribution >= 0.6 is 0 Å². The van der Waals surface area contributed by atoms with E-state index >= 15 is 0 Å². The molecule has 4 aromatic rings. The van der Waals surface area contributed by atoms with Gasteiger partial charge in [0, 0.05) is 78.9 Å². The lowest BCUT2D eigenvalue weighted by molar-refractivity contribution is 0.0603. The zero-order chi connectivity index (χ0) is 24.2. The Morgan fingerprint density at radius 1 is 0.914 bits per heavy atom. The van der Waals surface area contributed by atoms with Crippen LogP contribution in [0.2, 0.25) is 0 Å². The molecule has 0 radical (unpaired) electrons. The van der Waals surface area contributed by atoms with E-state index in [1.807, 2.05) is 42.7 Å². The average Bonchev–Trinajstić information content (AvgIpc) is 3.29. The molecule has 1 fully saturated rings. The van der Waals surface area contributed by atoms with E-state index in [2.05, 4.69) is 56.9 Å². The van der Waals surface area contributed by atoms with Crippen molar-refractivity contribution in [1.29, 1.82) is 0 Å². The largest absolute Gasteiger partial charge is 0.465 e. The summed E-state index contributed by atoms with van der Waals surface area (Å²) in [6.45, 7) is 6.47. The Balaban J connectivity index is 1.50. The number of carbonyl (C=O) groups is 1. The molecule has 1 aliphatic heterocycles. The molecule has 2 aromatic heterocycles. The molecule has 0 aliphatic carbocycles. The van der Waals surface area contributed by atoms with Crippen molar-refractivity contribution in [1.82, 2.24) is 19.4 Å². The Morgan fingerprint density at radius 3 is 2.46 bits per heavy atom. The van der Waals surface area contributed by atoms with Crippen LogP contribution < -0.4 is 0 Å². The topological polar surface area (TPSA) is 50.6 Å². The van der Waals surface area contributed by atoms with Gasteiger partial charge in [0.25, 0.3) is 0 Å². The molecular formula is C29H32N4O2. The summed E-state index contributed by atoms with van der Waals surface area (Å²) in [5, 5.41) is 0.922. The number of piperazine rings is 1. The Kier molecular flexibility index (Phi) is 6.93. The number of ether oxygens (including phenoxy) is 1. The molecule has 0 atom stereocenters. The van der Waals surface area contributed by atoms with Crippen molar-refractivity contribution < 1.29 is 9.53 Å². The second-order valence-electron chi connectivity index (χ2n) is 9.25. The number of pyridine rings is 1. The summed E-state index contributed by atoms with van der Waals surface area (Å²) >= 11 is 0. The standard InChI is InChI=1S/C29H32N4O2/c1-31-14-16-32(17-15-31)12-7-13-33-21-26(28-25(29(34)35-2)10-6-11-27(28)33)24-18-23(19-30-20-24)22-8-4-3-5-9-22/h3-6,8-11,18-21H,7,12-17H2,1-2H3. The van der Waals surface area contributed by atoms with Crippen molar-refractivity contribution in [2.75, 3.05) is 46.9 Å². The van der Waals surface area contributed by atoms with E-state index in [1.54, 1.807) is 0 Å². The second kappa shape index (κ2) is 10.4. The molecule has 2 aromatic carbocycles. The molecular weight excluding hydrogens is 436 g/mol. The van der Waals surface area contributed by atoms with Crippen LogP contribution in [-0.2, 0) is 11.3 Å². The van der Waals surface area contributed by atoms with Crippen molar-refractivity contribution in [3.63, 3.8) is 0 Å². The van der Waals surface area contributed by atoms with Gasteiger partial charge in [0.1, 0.15) is 0 Å². The lowest BCUT2D eigenvalue weighted by Gasteiger charge is -2.32. The third kappa shape index (κ3) is 4.99. The number of fused-ring (bicyclic) bond motifs is 1. The number of methoxy groups -OCH3 is 1. The summed E-state index contributed by atoms with van der Waals surface area (Å²) in [4.78, 5) is 22.2. The predicted molar refractivity (Wildman–Crippen MR) is 140 cm³/mol. The van der Waals surface area contributed by atoms with E-state index < -0.39 is 0 Å². The van der Waals surface area contributed by atoms with Gasteiger partial charge in [0.2, 0.25) is 0 Å². The smallest absolute Gasteiger partial charge is 0.338 e. The number of nitrogens with zero attached hydrogens (tertiary/aromatic N) is 4. The Hall–Kier alpha value is -3.48. The predicted octanol–water partition coefficient (Wildman–Crippen LogP) is 4.79. The molecule has 0 saturated carbocycles. The zero-order valence-electron chi connectivity index (χ0n) is 20.5. The van der Waals surface area contributed by atoms with Gasteiger partial charge in [-0.2, -0.15) is 0 Å². The minimum atomic E-state index is -0.320. The first kappa shape index (κ1) is 23.3. The van der Waals surface area contributed by atoms with Gasteiger partial charge in [-0.3, -0.25) is 4.98 Å². The number of rotatable bonds is 7. The first-order valence-electron chi connectivity index (χ1n) is 12.3. The molecule has 180 valence electrons. The SMILES string of the molecule is COC(=O)c1cccc2c1c(-c1cncc(-c3ccccc3)c1)cn2CCCN1CCN(C)CC1. The van der Waals surface area contributed by atoms with Crippen LogP contribution in [0.25, 0.3) is 33.2 Å². The first-order valence-corrected chi connectivity index (χ1v) is 12.3. The number of hydrogen-bond donors (Lipinski definition) is 0. The number of carbonyl (C=O) groups excluding carboxylic acids is 1. The van der Waals surface area contributed by atoms with Crippen molar-refractivity contribution in [2.24, 2.45) is 0 Å². The molecule has 1 saturated heterocycles. The molecule has 5 rings (SSSR count). The summed E-state index contributed by atoms with van der Waals surface area (Å²) in [7, 11) is 3.62. The number of aromatic nitrogens is 2. The van der Waals surface area contributed by atoms with Crippen molar-refractivity contribution in [3.05, 3.63) is 78.8 Å². The minimum absolute atomic E-state index is 0.320. The highest BCUT2D eigenvalue weighted by molar-refractivity contribution is 6.10. The van der Waals surface area contributed by atoms with Gasteiger partial charge in [-0.05, 0) is 43.8 Å². The normalized spacial score (nSPS) is 14.9. The van der Waals surface area contributed by atoms with E-state index in [0.29, 0.717) is 5.56 Å². The van der Waals surface area contributed by atoms with E-state index in [0.717, 1.165) is 78.8 Å². The van der Waals surface area contributed by atoms with E-state index in [1.165, 1.54) is 7.11 Å². The molecule has 6 heteroatoms. The molecule has 1 aliphatic rings. The van der Waals surface area contributed by atoms with Crippen molar-refractivity contribution >= 4 is 16.9 Å². The summed E-state index contributed by atoms with van der Waals surface area (Å²) in [5.74, 6) is -0.320. The van der Waals surface area contributed by atoms with Crippen LogP contribution in [0.4, 0.5) is 0 Å². The third-order valence-electron chi connectivity index (χ3n) is 6.94. The maximum Gasteiger partial charge on any atom is 0.338 e. The van der Waals surface area contributed by atoms with E-state index in [-0.39, 0.29) is 5.97 Å². The number of likely N-dealkylation sites (N-methyl/N-ethyl adjacent to an activating group) is 1. The molecule has 0 amide bonds. The second-order valence-corrected chi connectivity index (χ2v) is 9.25. The van der Waals surface area contributed by atoms with Gasteiger partial charge >= 0.3 is 5.97 Å². The van der Waals surface area contributed by atoms with Gasteiger partial charge < -0.3 is 19.1 Å². The van der Waals surface area contributed by atoms with Gasteiger partial charge in [-0.15, -0.1) is 0 Å². The molecule has 35 heavy (non-hydrogen) atoms. The monoisotopic (exact) mass is 468 g/mol. The highest BCUT2D eigenvalue weighted by Gasteiger charge is 2.19. The van der Waals surface area contributed by atoms with Crippen LogP contribution in [0, 0.1) is 0 Å². The highest BCUT2D eigenvalue weighted by Crippen LogP contribution is 2.35. The van der Waals surface area contributed by atoms with E-state index in [4.69, 9.17) is 4.74 Å². The molecule has 0 N–H and O–H groups in total. The maximum absolute atomic E-state index is 12.7.